The molecule has 6 aromatic carbocycles. The fraction of sp³-hybridized carbons (Fsp3) is 0.0588. The molecular weight excluding hydrogens is 886 g/mol. The standard InChI is InChI=1S/2C17H13N3O6S.Ba/c2*1-10-8-12(20(22)23)6-7-14(10)18-19-16-13-5-3-2-4-11(13)9-15(17(16)21)27(24,25)26;/h2*2-9,21H,1H3,(H,24,25,26);/q;;+2/p-2. The molecule has 0 fully saturated rings. The average molecular weight is 910 g/mol. The molecule has 0 aliphatic heterocycles. The van der Waals surface area contributed by atoms with Crippen LogP contribution in [0.15, 0.2) is 127 Å². The van der Waals surface area contributed by atoms with Crippen molar-refractivity contribution in [3.05, 3.63) is 128 Å². The van der Waals surface area contributed by atoms with Gasteiger partial charge in [-0.25, -0.2) is 16.8 Å². The normalized spacial score (nSPS) is 11.7. The van der Waals surface area contributed by atoms with Gasteiger partial charge in [0.25, 0.3) is 11.4 Å². The van der Waals surface area contributed by atoms with Crippen LogP contribution in [-0.2, 0) is 20.2 Å². The molecule has 18 nitrogen and oxygen atoms in total. The number of nitrogens with zero attached hydrogens (tertiary/aromatic N) is 6. The van der Waals surface area contributed by atoms with Crippen molar-refractivity contribution < 1.29 is 46.0 Å². The van der Waals surface area contributed by atoms with E-state index in [-0.39, 0.29) is 71.6 Å². The summed E-state index contributed by atoms with van der Waals surface area (Å²) in [5.74, 6) is -1.60. The molecule has 0 aromatic heterocycles. The van der Waals surface area contributed by atoms with E-state index in [4.69, 9.17) is 0 Å². The minimum absolute atomic E-state index is 0. The molecule has 0 unspecified atom stereocenters. The summed E-state index contributed by atoms with van der Waals surface area (Å²) >= 11 is 0. The van der Waals surface area contributed by atoms with Crippen LogP contribution in [0.2, 0.25) is 0 Å². The van der Waals surface area contributed by atoms with Crippen LogP contribution in [-0.4, -0.2) is 94.9 Å². The monoisotopic (exact) mass is 910 g/mol. The van der Waals surface area contributed by atoms with Crippen LogP contribution in [0.25, 0.3) is 21.5 Å². The third-order valence-electron chi connectivity index (χ3n) is 7.76. The molecule has 276 valence electrons. The third kappa shape index (κ3) is 9.75. The number of phenolic OH excluding ortho intramolecular Hbond substituents is 2. The van der Waals surface area contributed by atoms with Gasteiger partial charge in [0.05, 0.1) is 31.0 Å². The molecule has 0 heterocycles. The summed E-state index contributed by atoms with van der Waals surface area (Å²) in [7, 11) is -9.86. The van der Waals surface area contributed by atoms with Gasteiger partial charge in [-0.3, -0.25) is 20.2 Å². The van der Waals surface area contributed by atoms with Gasteiger partial charge >= 0.3 is 48.9 Å². The molecule has 0 atom stereocenters. The Kier molecular flexibility index (Phi) is 13.2. The summed E-state index contributed by atoms with van der Waals surface area (Å²) < 4.78 is 68.6. The van der Waals surface area contributed by atoms with E-state index in [9.17, 15) is 56.4 Å². The number of azo groups is 2. The number of fused-ring (bicyclic) bond motifs is 2. The molecule has 0 amide bonds. The first-order valence-electron chi connectivity index (χ1n) is 15.1. The summed E-state index contributed by atoms with van der Waals surface area (Å²) in [4.78, 5) is 18.9. The van der Waals surface area contributed by atoms with Crippen LogP contribution in [0.4, 0.5) is 34.1 Å². The predicted octanol–water partition coefficient (Wildman–Crippen LogP) is 7.78. The van der Waals surface area contributed by atoms with Crippen LogP contribution in [0.3, 0.4) is 0 Å². The summed E-state index contributed by atoms with van der Waals surface area (Å²) in [6.07, 6.45) is 0. The van der Waals surface area contributed by atoms with Crippen LogP contribution >= 0.6 is 0 Å². The van der Waals surface area contributed by atoms with Crippen LogP contribution < -0.4 is 0 Å². The Labute approximate surface area is 351 Å². The van der Waals surface area contributed by atoms with Crippen molar-refractivity contribution in [2.24, 2.45) is 20.5 Å². The van der Waals surface area contributed by atoms with Gasteiger partial charge in [0.2, 0.25) is 0 Å². The molecule has 2 N–H and O–H groups in total. The molecule has 0 spiro atoms. The Hall–Kier alpha value is -5.17. The predicted molar refractivity (Wildman–Crippen MR) is 197 cm³/mol. The van der Waals surface area contributed by atoms with Crippen molar-refractivity contribution in [2.75, 3.05) is 0 Å². The molecule has 0 aliphatic rings. The number of benzene rings is 6. The Morgan fingerprint density at radius 3 is 1.20 bits per heavy atom. The molecule has 55 heavy (non-hydrogen) atoms. The van der Waals surface area contributed by atoms with E-state index >= 15 is 0 Å². The first kappa shape index (κ1) is 42.6. The number of hydrogen-bond donors (Lipinski definition) is 2. The zero-order chi connectivity index (χ0) is 39.5. The van der Waals surface area contributed by atoms with Crippen LogP contribution in [0.5, 0.6) is 11.5 Å². The zero-order valence-electron chi connectivity index (χ0n) is 28.4. The molecule has 0 saturated heterocycles. The van der Waals surface area contributed by atoms with E-state index in [1.165, 1.54) is 36.4 Å². The number of nitro benzene ring substituents is 2. The smallest absolute Gasteiger partial charge is 0.744 e. The maximum absolute atomic E-state index is 11.4. The summed E-state index contributed by atoms with van der Waals surface area (Å²) in [6, 6.07) is 22.9. The number of hydrogen-bond acceptors (Lipinski definition) is 16. The molecule has 6 aromatic rings. The first-order valence-corrected chi connectivity index (χ1v) is 17.9. The Bertz CT molecular complexity index is 2610. The summed E-state index contributed by atoms with van der Waals surface area (Å²) in [5.41, 5.74) is 0.923. The summed E-state index contributed by atoms with van der Waals surface area (Å²) in [6.45, 7) is 3.19. The fourth-order valence-corrected chi connectivity index (χ4v) is 6.32. The minimum Gasteiger partial charge on any atom is -0.744 e. The van der Waals surface area contributed by atoms with E-state index in [0.29, 0.717) is 44.0 Å². The van der Waals surface area contributed by atoms with Crippen molar-refractivity contribution in [1.82, 2.24) is 0 Å². The van der Waals surface area contributed by atoms with Crippen molar-refractivity contribution in [3.63, 3.8) is 0 Å². The SMILES string of the molecule is Cc1cc([N+](=O)[O-])ccc1N=Nc1c(O)c(S(=O)(=O)[O-])cc2ccccc12.Cc1cc([N+](=O)[O-])ccc1N=Nc1c(O)c(S(=O)(=O)[O-])cc2ccccc12.[Ba+2]. The third-order valence-corrected chi connectivity index (χ3v) is 9.46. The zero-order valence-corrected chi connectivity index (χ0v) is 34.5. The van der Waals surface area contributed by atoms with Gasteiger partial charge in [-0.05, 0) is 60.0 Å². The summed E-state index contributed by atoms with van der Waals surface area (Å²) in [5, 5.41) is 59.4. The quantitative estimate of drug-likeness (QED) is 0.0486. The molecule has 0 radical (unpaired) electrons. The van der Waals surface area contributed by atoms with Crippen molar-refractivity contribution in [1.29, 1.82) is 0 Å². The number of rotatable bonds is 8. The Balaban J connectivity index is 0.000000240. The van der Waals surface area contributed by atoms with E-state index < -0.39 is 51.4 Å². The van der Waals surface area contributed by atoms with Crippen molar-refractivity contribution in [3.8, 4) is 11.5 Å². The van der Waals surface area contributed by atoms with Crippen LogP contribution in [0.1, 0.15) is 11.1 Å². The number of aryl methyl sites for hydroxylation is 2. The van der Waals surface area contributed by atoms with Gasteiger partial charge in [-0.1, -0.05) is 48.5 Å². The second kappa shape index (κ2) is 17.1. The number of non-ortho nitro benzene ring substituents is 2. The molecule has 0 bridgehead atoms. The number of aromatic hydroxyl groups is 2. The average Bonchev–Trinajstić information content (AvgIpc) is 3.10. The van der Waals surface area contributed by atoms with Crippen molar-refractivity contribution >= 4 is 125 Å². The Morgan fingerprint density at radius 2 is 0.891 bits per heavy atom. The largest absolute Gasteiger partial charge is 2.00 e. The van der Waals surface area contributed by atoms with E-state index in [0.717, 1.165) is 12.1 Å². The maximum Gasteiger partial charge on any atom is 2.00 e. The van der Waals surface area contributed by atoms with Crippen molar-refractivity contribution in [2.45, 2.75) is 23.6 Å². The maximum atomic E-state index is 11.4. The number of nitro groups is 2. The van der Waals surface area contributed by atoms with Crippen LogP contribution in [0, 0.1) is 34.1 Å². The van der Waals surface area contributed by atoms with Gasteiger partial charge in [0.1, 0.15) is 31.6 Å². The Morgan fingerprint density at radius 1 is 0.545 bits per heavy atom. The number of phenols is 2. The van der Waals surface area contributed by atoms with E-state index in [2.05, 4.69) is 20.5 Å². The molecule has 0 saturated carbocycles. The fourth-order valence-electron chi connectivity index (χ4n) is 5.11. The molecular formula is C34H24BaN6O12S2. The minimum atomic E-state index is -4.93. The van der Waals surface area contributed by atoms with Gasteiger partial charge in [0, 0.05) is 35.0 Å². The van der Waals surface area contributed by atoms with E-state index in [1.54, 1.807) is 62.4 Å². The van der Waals surface area contributed by atoms with Gasteiger partial charge < -0.3 is 19.3 Å². The van der Waals surface area contributed by atoms with E-state index in [1.807, 2.05) is 0 Å². The van der Waals surface area contributed by atoms with Gasteiger partial charge in [0.15, 0.2) is 11.5 Å². The van der Waals surface area contributed by atoms with Gasteiger partial charge in [-0.15, -0.1) is 10.2 Å². The second-order valence-electron chi connectivity index (χ2n) is 11.4. The van der Waals surface area contributed by atoms with Gasteiger partial charge in [-0.2, -0.15) is 10.2 Å². The first-order chi connectivity index (χ1) is 25.4. The second-order valence-corrected chi connectivity index (χ2v) is 14.0. The topological polar surface area (TPSA) is 291 Å². The molecule has 0 aliphatic carbocycles. The molecule has 6 rings (SSSR count). The molecule has 21 heteroatoms.